The second-order valence-corrected chi connectivity index (χ2v) is 4.39. The van der Waals surface area contributed by atoms with Crippen LogP contribution in [0.2, 0.25) is 0 Å². The first-order valence-electron chi connectivity index (χ1n) is 3.26. The quantitative estimate of drug-likeness (QED) is 0.525. The van der Waals surface area contributed by atoms with Crippen molar-refractivity contribution in [2.45, 2.75) is 29.4 Å². The van der Waals surface area contributed by atoms with Crippen molar-refractivity contribution in [3.63, 3.8) is 0 Å². The summed E-state index contributed by atoms with van der Waals surface area (Å²) in [5, 5.41) is 4.38. The van der Waals surface area contributed by atoms with Crippen LogP contribution in [0.3, 0.4) is 0 Å². The Bertz CT molecular complexity index is 95.1. The molecule has 1 saturated heterocycles. The minimum atomic E-state index is 0.254. The zero-order valence-electron chi connectivity index (χ0n) is 5.55. The van der Waals surface area contributed by atoms with Crippen LogP contribution in [-0.2, 0) is 0 Å². The van der Waals surface area contributed by atoms with E-state index >= 15 is 0 Å². The van der Waals surface area contributed by atoms with Crippen LogP contribution in [0.5, 0.6) is 0 Å². The lowest BCUT2D eigenvalue weighted by Crippen LogP contribution is -2.34. The van der Waals surface area contributed by atoms with Gasteiger partial charge in [-0.15, -0.1) is 0 Å². The third-order valence-corrected chi connectivity index (χ3v) is 2.54. The number of alkyl halides is 1. The minimum Gasteiger partial charge on any atom is -0.326 e. The van der Waals surface area contributed by atoms with Gasteiger partial charge < -0.3 is 5.73 Å². The van der Waals surface area contributed by atoms with Gasteiger partial charge >= 0.3 is 0 Å². The molecule has 0 saturated carbocycles. The summed E-state index contributed by atoms with van der Waals surface area (Å²) in [5.74, 6) is 0. The summed E-state index contributed by atoms with van der Waals surface area (Å²) in [6.07, 6.45) is 1.18. The molecule has 0 aromatic rings. The van der Waals surface area contributed by atoms with E-state index in [9.17, 15) is 0 Å². The molecule has 0 bridgehead atoms. The number of halogens is 1. The average molecular weight is 239 g/mol. The number of nitrogens with two attached hydrogens (primary N) is 1. The van der Waals surface area contributed by atoms with E-state index in [1.54, 1.807) is 0 Å². The number of hydrogen-bond donors (Lipinski definition) is 1. The normalized spacial score (nSPS) is 39.0. The van der Waals surface area contributed by atoms with Gasteiger partial charge in [-0.05, 0) is 13.3 Å². The summed E-state index contributed by atoms with van der Waals surface area (Å²) >= 11 is 2.43. The lowest BCUT2D eigenvalue weighted by molar-refractivity contribution is 0.506. The summed E-state index contributed by atoms with van der Waals surface area (Å²) < 4.78 is 0.735. The maximum atomic E-state index is 5.66. The molecule has 1 aliphatic rings. The first-order valence-corrected chi connectivity index (χ1v) is 4.51. The van der Waals surface area contributed by atoms with Gasteiger partial charge in [-0.2, -0.15) is 0 Å². The smallest absolute Gasteiger partial charge is 0.0405 e. The van der Waals surface area contributed by atoms with Crippen molar-refractivity contribution in [3.05, 3.63) is 0 Å². The Morgan fingerprint density at radius 3 is 2.67 bits per heavy atom. The zero-order chi connectivity index (χ0) is 6.85. The first-order chi connectivity index (χ1) is 4.20. The Kier molecular flexibility index (Phi) is 2.73. The molecule has 0 spiro atoms. The van der Waals surface area contributed by atoms with E-state index in [2.05, 4.69) is 27.9 Å². The van der Waals surface area contributed by atoms with Crippen molar-refractivity contribution in [3.8, 4) is 0 Å². The molecule has 53 valence electrons. The molecule has 1 aliphatic heterocycles. The molecule has 1 fully saturated rings. The van der Waals surface area contributed by atoms with Gasteiger partial charge in [0, 0.05) is 22.6 Å². The van der Waals surface area contributed by atoms with Crippen LogP contribution >= 0.6 is 22.6 Å². The summed E-state index contributed by atoms with van der Waals surface area (Å²) in [7, 11) is 0. The van der Waals surface area contributed by atoms with E-state index in [1.165, 1.54) is 6.42 Å². The molecule has 3 heteroatoms. The van der Waals surface area contributed by atoms with E-state index < -0.39 is 0 Å². The van der Waals surface area contributed by atoms with Crippen LogP contribution in [0, 0.1) is 0 Å². The van der Waals surface area contributed by atoms with Crippen molar-refractivity contribution in [2.24, 2.45) is 5.73 Å². The van der Waals surface area contributed by atoms with Crippen molar-refractivity contribution in [1.29, 1.82) is 0 Å². The Morgan fingerprint density at radius 2 is 2.44 bits per heavy atom. The van der Waals surface area contributed by atoms with E-state index in [-0.39, 0.29) is 6.04 Å². The number of nitrogens with zero attached hydrogens (tertiary/aromatic N) is 1. The largest absolute Gasteiger partial charge is 0.326 e. The van der Waals surface area contributed by atoms with Gasteiger partial charge in [0.15, 0.2) is 0 Å². The van der Waals surface area contributed by atoms with Crippen molar-refractivity contribution in [1.82, 2.24) is 5.32 Å². The lowest BCUT2D eigenvalue weighted by Gasteiger charge is -2.11. The van der Waals surface area contributed by atoms with Crippen LogP contribution in [-0.4, -0.2) is 22.6 Å². The Morgan fingerprint density at radius 1 is 1.78 bits per heavy atom. The minimum absolute atomic E-state index is 0.254. The summed E-state index contributed by atoms with van der Waals surface area (Å²) in [4.78, 5) is 0. The number of rotatable bonds is 1. The van der Waals surface area contributed by atoms with Crippen LogP contribution in [0.25, 0.3) is 0 Å². The van der Waals surface area contributed by atoms with Gasteiger partial charge in [-0.3, -0.25) is 0 Å². The SMILES string of the molecule is CC(N)C1CC(I)C[N]1. The van der Waals surface area contributed by atoms with Gasteiger partial charge in [0.1, 0.15) is 0 Å². The van der Waals surface area contributed by atoms with Crippen molar-refractivity contribution >= 4 is 22.6 Å². The molecule has 1 radical (unpaired) electrons. The highest BCUT2D eigenvalue weighted by Gasteiger charge is 2.25. The van der Waals surface area contributed by atoms with E-state index in [0.29, 0.717) is 6.04 Å². The average Bonchev–Trinajstić information content (AvgIpc) is 2.14. The monoisotopic (exact) mass is 239 g/mol. The van der Waals surface area contributed by atoms with E-state index in [0.717, 1.165) is 10.5 Å². The van der Waals surface area contributed by atoms with Gasteiger partial charge in [-0.1, -0.05) is 22.6 Å². The molecular formula is C6H12IN2. The summed E-state index contributed by atoms with van der Waals surface area (Å²) in [5.41, 5.74) is 5.66. The van der Waals surface area contributed by atoms with Crippen LogP contribution in [0.15, 0.2) is 0 Å². The second-order valence-electron chi connectivity index (χ2n) is 2.62. The Labute approximate surface area is 69.7 Å². The van der Waals surface area contributed by atoms with Crippen molar-refractivity contribution < 1.29 is 0 Å². The predicted molar refractivity (Wildman–Crippen MR) is 46.9 cm³/mol. The van der Waals surface area contributed by atoms with Crippen LogP contribution < -0.4 is 11.1 Å². The van der Waals surface area contributed by atoms with Gasteiger partial charge in [0.25, 0.3) is 0 Å². The fourth-order valence-electron chi connectivity index (χ4n) is 1.04. The Balaban J connectivity index is 2.30. The zero-order valence-corrected chi connectivity index (χ0v) is 7.71. The standard InChI is InChI=1S/C6H12IN2/c1-4(8)6-2-5(7)3-9-6/h4-6H,2-3,8H2,1H3. The Hall–Kier alpha value is 0.650. The summed E-state index contributed by atoms with van der Waals surface area (Å²) in [6, 6.07) is 0.691. The molecule has 0 aromatic heterocycles. The maximum Gasteiger partial charge on any atom is 0.0405 e. The predicted octanol–water partition coefficient (Wildman–Crippen LogP) is 0.514. The lowest BCUT2D eigenvalue weighted by atomic mass is 10.1. The fourth-order valence-corrected chi connectivity index (χ4v) is 1.79. The second kappa shape index (κ2) is 3.16. The van der Waals surface area contributed by atoms with Crippen LogP contribution in [0.1, 0.15) is 13.3 Å². The molecule has 0 aromatic carbocycles. The topological polar surface area (TPSA) is 40.1 Å². The van der Waals surface area contributed by atoms with E-state index in [1.807, 2.05) is 6.92 Å². The molecule has 1 heterocycles. The maximum absolute atomic E-state index is 5.66. The molecule has 9 heavy (non-hydrogen) atoms. The molecule has 2 N–H and O–H groups in total. The third kappa shape index (κ3) is 2.05. The first kappa shape index (κ1) is 7.75. The molecular weight excluding hydrogens is 227 g/mol. The van der Waals surface area contributed by atoms with E-state index in [4.69, 9.17) is 5.73 Å². The number of hydrogen-bond acceptors (Lipinski definition) is 1. The molecule has 2 nitrogen and oxygen atoms in total. The van der Waals surface area contributed by atoms with Gasteiger partial charge in [0.2, 0.25) is 0 Å². The van der Waals surface area contributed by atoms with Gasteiger partial charge in [0.05, 0.1) is 0 Å². The van der Waals surface area contributed by atoms with Crippen molar-refractivity contribution in [2.75, 3.05) is 6.54 Å². The molecule has 0 amide bonds. The molecule has 1 rings (SSSR count). The third-order valence-electron chi connectivity index (χ3n) is 1.64. The summed E-state index contributed by atoms with van der Waals surface area (Å²) in [6.45, 7) is 3.04. The molecule has 3 unspecified atom stereocenters. The van der Waals surface area contributed by atoms with Gasteiger partial charge in [-0.25, -0.2) is 5.32 Å². The van der Waals surface area contributed by atoms with Crippen LogP contribution in [0.4, 0.5) is 0 Å². The highest BCUT2D eigenvalue weighted by molar-refractivity contribution is 14.1. The highest BCUT2D eigenvalue weighted by Crippen LogP contribution is 2.17. The molecule has 3 atom stereocenters. The molecule has 0 aliphatic carbocycles. The fraction of sp³-hybridized carbons (Fsp3) is 1.00. The highest BCUT2D eigenvalue weighted by atomic mass is 127.